The lowest BCUT2D eigenvalue weighted by molar-refractivity contribution is -0.117. The van der Waals surface area contributed by atoms with Gasteiger partial charge < -0.3 is 10.1 Å². The van der Waals surface area contributed by atoms with Crippen LogP contribution < -0.4 is 10.1 Å². The topological polar surface area (TPSA) is 41.6 Å². The Morgan fingerprint density at radius 2 is 2.05 bits per heavy atom. The van der Waals surface area contributed by atoms with Crippen LogP contribution in [0, 0.1) is 5.92 Å². The zero-order valence-electron chi connectivity index (χ0n) is 13.8. The number of nitrogens with one attached hydrogen (secondary N) is 1. The molecule has 0 spiro atoms. The molecule has 1 fully saturated rings. The number of ether oxygens (including phenoxy) is 1. The van der Waals surface area contributed by atoms with Gasteiger partial charge in [0.2, 0.25) is 5.91 Å². The van der Waals surface area contributed by atoms with Gasteiger partial charge in [-0.05, 0) is 50.4 Å². The lowest BCUT2D eigenvalue weighted by Gasteiger charge is -2.25. The zero-order chi connectivity index (χ0) is 15.8. The van der Waals surface area contributed by atoms with Crippen LogP contribution in [0.2, 0.25) is 0 Å². The molecule has 1 heterocycles. The maximum Gasteiger partial charge on any atom is 0.238 e. The largest absolute Gasteiger partial charge is 0.494 e. The highest BCUT2D eigenvalue weighted by molar-refractivity contribution is 5.92. The quantitative estimate of drug-likeness (QED) is 0.838. The van der Waals surface area contributed by atoms with Crippen molar-refractivity contribution in [3.05, 3.63) is 24.3 Å². The normalized spacial score (nSPS) is 15.8. The number of likely N-dealkylation sites (tertiary alicyclic amines) is 1. The molecule has 0 saturated carbocycles. The number of hydrogen-bond acceptors (Lipinski definition) is 3. The summed E-state index contributed by atoms with van der Waals surface area (Å²) in [5, 5.41) is 2.97. The Hall–Kier alpha value is -1.55. The van der Waals surface area contributed by atoms with Gasteiger partial charge in [-0.3, -0.25) is 9.69 Å². The van der Waals surface area contributed by atoms with Crippen molar-refractivity contribution in [2.45, 2.75) is 39.5 Å². The number of anilines is 1. The molecule has 1 saturated heterocycles. The molecule has 0 aliphatic carbocycles. The minimum absolute atomic E-state index is 0.0567. The molecular weight excluding hydrogens is 276 g/mol. The number of carbonyl (C=O) groups excluding carboxylic acids is 1. The highest BCUT2D eigenvalue weighted by atomic mass is 16.5. The van der Waals surface area contributed by atoms with Crippen LogP contribution in [0.25, 0.3) is 0 Å². The Bertz CT molecular complexity index is 468. The van der Waals surface area contributed by atoms with Crippen LogP contribution in [-0.4, -0.2) is 37.0 Å². The van der Waals surface area contributed by atoms with Crippen LogP contribution in [0.5, 0.6) is 5.75 Å². The summed E-state index contributed by atoms with van der Waals surface area (Å²) in [7, 11) is 0. The van der Waals surface area contributed by atoms with Gasteiger partial charge in [-0.2, -0.15) is 0 Å². The van der Waals surface area contributed by atoms with Crippen molar-refractivity contribution in [3.8, 4) is 5.75 Å². The molecule has 0 bridgehead atoms. The molecule has 22 heavy (non-hydrogen) atoms. The molecular formula is C18H28N2O2. The van der Waals surface area contributed by atoms with Gasteiger partial charge in [-0.25, -0.2) is 0 Å². The number of carbonyl (C=O) groups is 1. The standard InChI is InChI=1S/C18H28N2O2/c1-15(2)9-12-22-17-8-6-7-16(13-17)19-18(21)14-20-10-4-3-5-11-20/h6-8,13,15H,3-5,9-12,14H2,1-2H3,(H,19,21). The Morgan fingerprint density at radius 3 is 2.77 bits per heavy atom. The highest BCUT2D eigenvalue weighted by Gasteiger charge is 2.13. The molecule has 122 valence electrons. The summed E-state index contributed by atoms with van der Waals surface area (Å²) in [4.78, 5) is 14.3. The van der Waals surface area contributed by atoms with Crippen LogP contribution in [0.4, 0.5) is 5.69 Å². The number of benzene rings is 1. The van der Waals surface area contributed by atoms with Gasteiger partial charge in [0.05, 0.1) is 13.2 Å². The molecule has 4 heteroatoms. The summed E-state index contributed by atoms with van der Waals surface area (Å²) in [6, 6.07) is 7.65. The summed E-state index contributed by atoms with van der Waals surface area (Å²) in [5.41, 5.74) is 0.809. The number of hydrogen-bond donors (Lipinski definition) is 1. The maximum absolute atomic E-state index is 12.1. The second kappa shape index (κ2) is 8.79. The van der Waals surface area contributed by atoms with E-state index in [1.165, 1.54) is 19.3 Å². The summed E-state index contributed by atoms with van der Waals surface area (Å²) in [5.74, 6) is 1.50. The molecule has 1 aromatic rings. The molecule has 0 radical (unpaired) electrons. The SMILES string of the molecule is CC(C)CCOc1cccc(NC(=O)CN2CCCCC2)c1. The summed E-state index contributed by atoms with van der Waals surface area (Å²) < 4.78 is 5.73. The Balaban J connectivity index is 1.80. The minimum atomic E-state index is 0.0567. The monoisotopic (exact) mass is 304 g/mol. The average molecular weight is 304 g/mol. The predicted molar refractivity (Wildman–Crippen MR) is 90.3 cm³/mol. The Labute approximate surface area is 133 Å². The molecule has 4 nitrogen and oxygen atoms in total. The van der Waals surface area contributed by atoms with Gasteiger partial charge in [0.1, 0.15) is 5.75 Å². The molecule has 1 aliphatic heterocycles. The van der Waals surface area contributed by atoms with Crippen molar-refractivity contribution < 1.29 is 9.53 Å². The first-order valence-electron chi connectivity index (χ1n) is 8.38. The van der Waals surface area contributed by atoms with E-state index in [1.807, 2.05) is 24.3 Å². The molecule has 2 rings (SSSR count). The molecule has 1 amide bonds. The average Bonchev–Trinajstić information content (AvgIpc) is 2.48. The van der Waals surface area contributed by atoms with Crippen LogP contribution in [0.3, 0.4) is 0 Å². The molecule has 1 aromatic carbocycles. The van der Waals surface area contributed by atoms with Crippen molar-refractivity contribution in [1.82, 2.24) is 4.90 Å². The first-order chi connectivity index (χ1) is 10.6. The van der Waals surface area contributed by atoms with E-state index < -0.39 is 0 Å². The van der Waals surface area contributed by atoms with Gasteiger partial charge in [0, 0.05) is 11.8 Å². The van der Waals surface area contributed by atoms with Gasteiger partial charge in [-0.1, -0.05) is 26.3 Å². The predicted octanol–water partition coefficient (Wildman–Crippen LogP) is 3.54. The lowest BCUT2D eigenvalue weighted by atomic mass is 10.1. The third kappa shape index (κ3) is 6.06. The highest BCUT2D eigenvalue weighted by Crippen LogP contribution is 2.18. The second-order valence-corrected chi connectivity index (χ2v) is 6.44. The molecule has 1 N–H and O–H groups in total. The molecule has 0 unspecified atom stereocenters. The van der Waals surface area contributed by atoms with Crippen molar-refractivity contribution in [2.75, 3.05) is 31.6 Å². The van der Waals surface area contributed by atoms with E-state index in [1.54, 1.807) is 0 Å². The van der Waals surface area contributed by atoms with Gasteiger partial charge >= 0.3 is 0 Å². The van der Waals surface area contributed by atoms with Crippen molar-refractivity contribution in [2.24, 2.45) is 5.92 Å². The van der Waals surface area contributed by atoms with Crippen LogP contribution >= 0.6 is 0 Å². The third-order valence-corrected chi connectivity index (χ3v) is 3.90. The van der Waals surface area contributed by atoms with Gasteiger partial charge in [0.25, 0.3) is 0 Å². The van der Waals surface area contributed by atoms with Gasteiger partial charge in [0.15, 0.2) is 0 Å². The van der Waals surface area contributed by atoms with Crippen molar-refractivity contribution >= 4 is 11.6 Å². The fourth-order valence-corrected chi connectivity index (χ4v) is 2.60. The fourth-order valence-electron chi connectivity index (χ4n) is 2.60. The van der Waals surface area contributed by atoms with Crippen molar-refractivity contribution in [3.63, 3.8) is 0 Å². The van der Waals surface area contributed by atoms with E-state index in [9.17, 15) is 4.79 Å². The van der Waals surface area contributed by atoms with Crippen LogP contribution in [-0.2, 0) is 4.79 Å². The number of nitrogens with zero attached hydrogens (tertiary/aromatic N) is 1. The summed E-state index contributed by atoms with van der Waals surface area (Å²) in [6.45, 7) is 7.63. The molecule has 0 aromatic heterocycles. The first-order valence-corrected chi connectivity index (χ1v) is 8.38. The van der Waals surface area contributed by atoms with E-state index in [0.717, 1.165) is 30.9 Å². The lowest BCUT2D eigenvalue weighted by Crippen LogP contribution is -2.36. The number of rotatable bonds is 7. The molecule has 0 atom stereocenters. The zero-order valence-corrected chi connectivity index (χ0v) is 13.8. The first kappa shape index (κ1) is 16.8. The summed E-state index contributed by atoms with van der Waals surface area (Å²) in [6.07, 6.45) is 4.72. The smallest absolute Gasteiger partial charge is 0.238 e. The fraction of sp³-hybridized carbons (Fsp3) is 0.611. The maximum atomic E-state index is 12.1. The van der Waals surface area contributed by atoms with E-state index in [4.69, 9.17) is 4.74 Å². The van der Waals surface area contributed by atoms with E-state index >= 15 is 0 Å². The van der Waals surface area contributed by atoms with E-state index in [2.05, 4.69) is 24.1 Å². The van der Waals surface area contributed by atoms with E-state index in [-0.39, 0.29) is 5.91 Å². The second-order valence-electron chi connectivity index (χ2n) is 6.44. The van der Waals surface area contributed by atoms with Gasteiger partial charge in [-0.15, -0.1) is 0 Å². The number of piperidine rings is 1. The Kier molecular flexibility index (Phi) is 6.72. The van der Waals surface area contributed by atoms with Crippen molar-refractivity contribution in [1.29, 1.82) is 0 Å². The summed E-state index contributed by atoms with van der Waals surface area (Å²) >= 11 is 0. The third-order valence-electron chi connectivity index (χ3n) is 3.90. The number of amides is 1. The Morgan fingerprint density at radius 1 is 1.27 bits per heavy atom. The van der Waals surface area contributed by atoms with E-state index in [0.29, 0.717) is 19.1 Å². The molecule has 1 aliphatic rings. The van der Waals surface area contributed by atoms with Crippen LogP contribution in [0.1, 0.15) is 39.5 Å². The van der Waals surface area contributed by atoms with Crippen LogP contribution in [0.15, 0.2) is 24.3 Å². The minimum Gasteiger partial charge on any atom is -0.494 e.